The third-order valence-electron chi connectivity index (χ3n) is 1.29. The van der Waals surface area contributed by atoms with Crippen LogP contribution >= 0.6 is 0 Å². The molecule has 1 aromatic rings. The maximum absolute atomic E-state index is 10.8. The summed E-state index contributed by atoms with van der Waals surface area (Å²) in [6, 6.07) is 1.12. The number of hydrogen-bond donors (Lipinski definition) is 2. The first kappa shape index (κ1) is 7.97. The average molecular weight is 154 g/mol. The van der Waals surface area contributed by atoms with Gasteiger partial charge >= 0.3 is 7.12 Å². The minimum atomic E-state index is -1.63. The fourth-order valence-corrected chi connectivity index (χ4v) is 0.625. The minimum absolute atomic E-state index is 0.105. The van der Waals surface area contributed by atoms with Crippen molar-refractivity contribution in [3.8, 4) is 0 Å². The van der Waals surface area contributed by atoms with Crippen molar-refractivity contribution in [3.63, 3.8) is 0 Å². The van der Waals surface area contributed by atoms with Gasteiger partial charge in [-0.05, 0) is 0 Å². The molecule has 0 aliphatic rings. The summed E-state index contributed by atoms with van der Waals surface area (Å²) >= 11 is 0. The Balaban J connectivity index is 3.16. The molecule has 1 aromatic heterocycles. The second-order valence-electron chi connectivity index (χ2n) is 2.12. The summed E-state index contributed by atoms with van der Waals surface area (Å²) in [7, 11) is -0.146. The predicted octanol–water partition coefficient (Wildman–Crippen LogP) is -2.54. The Hall–Kier alpha value is -1.14. The molecule has 5 nitrogen and oxygen atoms in total. The van der Waals surface area contributed by atoms with Gasteiger partial charge in [-0.25, -0.2) is 4.68 Å². The summed E-state index contributed by atoms with van der Waals surface area (Å²) in [5.74, 6) is 0. The van der Waals surface area contributed by atoms with E-state index in [1.165, 1.54) is 13.2 Å². The predicted molar refractivity (Wildman–Crippen MR) is 39.3 cm³/mol. The van der Waals surface area contributed by atoms with Gasteiger partial charge in [0.25, 0.3) is 5.56 Å². The number of rotatable bonds is 1. The monoisotopic (exact) mass is 154 g/mol. The van der Waals surface area contributed by atoms with Crippen molar-refractivity contribution >= 4 is 12.6 Å². The lowest BCUT2D eigenvalue weighted by atomic mass is 9.82. The Morgan fingerprint density at radius 1 is 1.64 bits per heavy atom. The molecule has 0 amide bonds. The summed E-state index contributed by atoms with van der Waals surface area (Å²) < 4.78 is 1.10. The molecule has 2 N–H and O–H groups in total. The number of hydrogen-bond acceptors (Lipinski definition) is 4. The van der Waals surface area contributed by atoms with E-state index >= 15 is 0 Å². The molecule has 0 fully saturated rings. The molecule has 0 bridgehead atoms. The Labute approximate surface area is 63.1 Å². The number of aromatic nitrogens is 2. The van der Waals surface area contributed by atoms with Crippen molar-refractivity contribution in [2.75, 3.05) is 0 Å². The number of aryl methyl sites for hydroxylation is 1. The molecule has 0 aliphatic carbocycles. The van der Waals surface area contributed by atoms with Gasteiger partial charge in [-0.3, -0.25) is 4.79 Å². The smallest absolute Gasteiger partial charge is 0.423 e. The molecular weight excluding hydrogens is 147 g/mol. The molecule has 0 aromatic carbocycles. The van der Waals surface area contributed by atoms with Crippen molar-refractivity contribution < 1.29 is 10.0 Å². The highest BCUT2D eigenvalue weighted by molar-refractivity contribution is 6.58. The van der Waals surface area contributed by atoms with Crippen LogP contribution in [0.3, 0.4) is 0 Å². The zero-order valence-corrected chi connectivity index (χ0v) is 5.93. The molecule has 1 heterocycles. The van der Waals surface area contributed by atoms with Crippen molar-refractivity contribution in [2.45, 2.75) is 0 Å². The van der Waals surface area contributed by atoms with E-state index in [2.05, 4.69) is 5.10 Å². The van der Waals surface area contributed by atoms with Gasteiger partial charge in [0.05, 0.1) is 0 Å². The highest BCUT2D eigenvalue weighted by Crippen LogP contribution is 1.71. The van der Waals surface area contributed by atoms with E-state index < -0.39 is 7.12 Å². The SMILES string of the molecule is Cn1ncc(B(O)O)cc1=O. The van der Waals surface area contributed by atoms with Crippen molar-refractivity contribution in [2.24, 2.45) is 7.05 Å². The van der Waals surface area contributed by atoms with Gasteiger partial charge < -0.3 is 10.0 Å². The zero-order chi connectivity index (χ0) is 8.43. The summed E-state index contributed by atoms with van der Waals surface area (Å²) in [5.41, 5.74) is -0.260. The van der Waals surface area contributed by atoms with Gasteiger partial charge in [0.1, 0.15) is 0 Å². The van der Waals surface area contributed by atoms with Crippen molar-refractivity contribution in [3.05, 3.63) is 22.6 Å². The number of nitrogens with zero attached hydrogens (tertiary/aromatic N) is 2. The minimum Gasteiger partial charge on any atom is -0.423 e. The molecule has 0 atom stereocenters. The van der Waals surface area contributed by atoms with E-state index in [0.717, 1.165) is 10.7 Å². The van der Waals surface area contributed by atoms with Gasteiger partial charge in [0.15, 0.2) is 0 Å². The third kappa shape index (κ3) is 1.66. The van der Waals surface area contributed by atoms with Crippen LogP contribution in [-0.2, 0) is 7.05 Å². The quantitative estimate of drug-likeness (QED) is 0.437. The Morgan fingerprint density at radius 3 is 2.73 bits per heavy atom. The maximum Gasteiger partial charge on any atom is 0.490 e. The van der Waals surface area contributed by atoms with E-state index in [9.17, 15) is 4.79 Å². The molecule has 1 rings (SSSR count). The molecule has 6 heteroatoms. The van der Waals surface area contributed by atoms with Gasteiger partial charge in [-0.2, -0.15) is 5.10 Å². The van der Waals surface area contributed by atoms with Crippen LogP contribution in [0.1, 0.15) is 0 Å². The summed E-state index contributed by atoms with van der Waals surface area (Å²) in [6.07, 6.45) is 1.23. The summed E-state index contributed by atoms with van der Waals surface area (Å²) in [6.45, 7) is 0. The lowest BCUT2D eigenvalue weighted by Gasteiger charge is -1.98. The molecule has 11 heavy (non-hydrogen) atoms. The van der Waals surface area contributed by atoms with Crippen LogP contribution in [0.4, 0.5) is 0 Å². The standard InChI is InChI=1S/C5H7BN2O3/c1-8-5(9)2-4(3-7-8)6(10)11/h2-3,10-11H,1H3. The molecule has 58 valence electrons. The first-order valence-electron chi connectivity index (χ1n) is 3.00. The average Bonchev–Trinajstić information content (AvgIpc) is 1.94. The topological polar surface area (TPSA) is 75.3 Å². The Bertz CT molecular complexity index is 309. The van der Waals surface area contributed by atoms with Crippen LogP contribution in [-0.4, -0.2) is 26.9 Å². The van der Waals surface area contributed by atoms with Crippen molar-refractivity contribution in [1.82, 2.24) is 9.78 Å². The third-order valence-corrected chi connectivity index (χ3v) is 1.29. The molecule has 0 saturated carbocycles. The highest BCUT2D eigenvalue weighted by atomic mass is 16.4. The Kier molecular flexibility index (Phi) is 2.07. The van der Waals surface area contributed by atoms with Gasteiger partial charge in [0.2, 0.25) is 0 Å². The van der Waals surface area contributed by atoms with Crippen LogP contribution in [0.2, 0.25) is 0 Å². The fourth-order valence-electron chi connectivity index (χ4n) is 0.625. The molecule has 0 radical (unpaired) electrons. The summed E-state index contributed by atoms with van der Waals surface area (Å²) in [4.78, 5) is 10.8. The van der Waals surface area contributed by atoms with Crippen LogP contribution in [0.5, 0.6) is 0 Å². The Morgan fingerprint density at radius 2 is 2.27 bits per heavy atom. The van der Waals surface area contributed by atoms with E-state index in [0.29, 0.717) is 0 Å². The lowest BCUT2D eigenvalue weighted by molar-refractivity contribution is 0.425. The normalized spacial score (nSPS) is 9.73. The van der Waals surface area contributed by atoms with Gasteiger partial charge in [0, 0.05) is 24.8 Å². The molecule has 0 unspecified atom stereocenters. The second kappa shape index (κ2) is 2.85. The highest BCUT2D eigenvalue weighted by Gasteiger charge is 2.11. The van der Waals surface area contributed by atoms with E-state index in [4.69, 9.17) is 10.0 Å². The second-order valence-corrected chi connectivity index (χ2v) is 2.12. The van der Waals surface area contributed by atoms with Crippen LogP contribution in [0.15, 0.2) is 17.1 Å². The summed E-state index contributed by atoms with van der Waals surface area (Å²) in [5, 5.41) is 20.8. The fraction of sp³-hybridized carbons (Fsp3) is 0.200. The largest absolute Gasteiger partial charge is 0.490 e. The lowest BCUT2D eigenvalue weighted by Crippen LogP contribution is -2.35. The zero-order valence-electron chi connectivity index (χ0n) is 5.93. The van der Waals surface area contributed by atoms with Gasteiger partial charge in [-0.1, -0.05) is 0 Å². The van der Waals surface area contributed by atoms with E-state index in [1.807, 2.05) is 0 Å². The van der Waals surface area contributed by atoms with Crippen LogP contribution < -0.4 is 11.0 Å². The first-order valence-corrected chi connectivity index (χ1v) is 3.00. The molecule has 0 aliphatic heterocycles. The molecule has 0 saturated heterocycles. The van der Waals surface area contributed by atoms with E-state index in [-0.39, 0.29) is 11.0 Å². The first-order chi connectivity index (χ1) is 5.11. The van der Waals surface area contributed by atoms with Crippen LogP contribution in [0, 0.1) is 0 Å². The maximum atomic E-state index is 10.8. The van der Waals surface area contributed by atoms with Crippen LogP contribution in [0.25, 0.3) is 0 Å². The molecule has 0 spiro atoms. The molecular formula is C5H7BN2O3. The van der Waals surface area contributed by atoms with Gasteiger partial charge in [-0.15, -0.1) is 0 Å². The van der Waals surface area contributed by atoms with Crippen molar-refractivity contribution in [1.29, 1.82) is 0 Å². The van der Waals surface area contributed by atoms with E-state index in [1.54, 1.807) is 0 Å².